The summed E-state index contributed by atoms with van der Waals surface area (Å²) < 4.78 is 5.73. The molecule has 0 bridgehead atoms. The summed E-state index contributed by atoms with van der Waals surface area (Å²) >= 11 is 0. The molecule has 78 valence electrons. The fraction of sp³-hybridized carbons (Fsp3) is 0.538. The first-order chi connectivity index (χ1) is 6.66. The molecule has 1 rings (SSSR count). The Kier molecular flexibility index (Phi) is 3.99. The lowest BCUT2D eigenvalue weighted by Gasteiger charge is -2.16. The number of benzene rings is 1. The van der Waals surface area contributed by atoms with Gasteiger partial charge >= 0.3 is 0 Å². The Morgan fingerprint density at radius 3 is 2.57 bits per heavy atom. The minimum atomic E-state index is 0.531. The second kappa shape index (κ2) is 5.04. The summed E-state index contributed by atoms with van der Waals surface area (Å²) in [6.07, 6.45) is 1.06. The van der Waals surface area contributed by atoms with Gasteiger partial charge in [0.25, 0.3) is 0 Å². The lowest BCUT2D eigenvalue weighted by Crippen LogP contribution is -2.01. The molecule has 0 heterocycles. The molecule has 0 aliphatic heterocycles. The van der Waals surface area contributed by atoms with E-state index in [2.05, 4.69) is 45.9 Å². The largest absolute Gasteiger partial charge is 0.493 e. The van der Waals surface area contributed by atoms with Crippen LogP contribution in [0.15, 0.2) is 18.2 Å². The third kappa shape index (κ3) is 2.50. The molecule has 14 heavy (non-hydrogen) atoms. The third-order valence-electron chi connectivity index (χ3n) is 2.32. The van der Waals surface area contributed by atoms with Crippen molar-refractivity contribution in [3.05, 3.63) is 29.3 Å². The molecule has 0 radical (unpaired) electrons. The topological polar surface area (TPSA) is 9.23 Å². The molecule has 0 amide bonds. The predicted molar refractivity (Wildman–Crippen MR) is 61.1 cm³/mol. The molecular weight excluding hydrogens is 172 g/mol. The van der Waals surface area contributed by atoms with Crippen molar-refractivity contribution in [2.75, 3.05) is 6.61 Å². The number of ether oxygens (including phenoxy) is 1. The van der Waals surface area contributed by atoms with Crippen molar-refractivity contribution >= 4 is 0 Å². The van der Waals surface area contributed by atoms with Crippen LogP contribution >= 0.6 is 0 Å². The van der Waals surface area contributed by atoms with Gasteiger partial charge in [0.15, 0.2) is 0 Å². The van der Waals surface area contributed by atoms with Gasteiger partial charge in [-0.15, -0.1) is 0 Å². The van der Waals surface area contributed by atoms with E-state index in [-0.39, 0.29) is 0 Å². The van der Waals surface area contributed by atoms with Gasteiger partial charge in [-0.3, -0.25) is 0 Å². The first-order valence-corrected chi connectivity index (χ1v) is 5.39. The normalized spacial score (nSPS) is 10.6. The number of hydrogen-bond donors (Lipinski definition) is 0. The van der Waals surface area contributed by atoms with E-state index in [0.29, 0.717) is 5.92 Å². The van der Waals surface area contributed by atoms with E-state index in [1.807, 2.05) is 0 Å². The average Bonchev–Trinajstić information content (AvgIpc) is 2.14. The van der Waals surface area contributed by atoms with E-state index in [1.165, 1.54) is 11.1 Å². The second-order valence-corrected chi connectivity index (χ2v) is 3.99. The van der Waals surface area contributed by atoms with Crippen LogP contribution in [0.2, 0.25) is 0 Å². The van der Waals surface area contributed by atoms with Gasteiger partial charge in [-0.25, -0.2) is 0 Å². The maximum Gasteiger partial charge on any atom is 0.122 e. The van der Waals surface area contributed by atoms with E-state index >= 15 is 0 Å². The Morgan fingerprint density at radius 2 is 2.00 bits per heavy atom. The van der Waals surface area contributed by atoms with Crippen molar-refractivity contribution < 1.29 is 4.74 Å². The summed E-state index contributed by atoms with van der Waals surface area (Å²) in [7, 11) is 0. The van der Waals surface area contributed by atoms with Crippen LogP contribution in [0.5, 0.6) is 5.75 Å². The molecule has 0 saturated heterocycles. The Morgan fingerprint density at radius 1 is 1.29 bits per heavy atom. The predicted octanol–water partition coefficient (Wildman–Crippen LogP) is 3.91. The molecule has 1 heteroatoms. The molecular formula is C13H20O. The van der Waals surface area contributed by atoms with Crippen molar-refractivity contribution in [3.8, 4) is 5.75 Å². The van der Waals surface area contributed by atoms with Crippen molar-refractivity contribution in [1.82, 2.24) is 0 Å². The Balaban J connectivity index is 2.96. The van der Waals surface area contributed by atoms with Gasteiger partial charge in [0, 0.05) is 0 Å². The van der Waals surface area contributed by atoms with Gasteiger partial charge in [-0.2, -0.15) is 0 Å². The zero-order valence-electron chi connectivity index (χ0n) is 9.63. The van der Waals surface area contributed by atoms with Crippen molar-refractivity contribution in [1.29, 1.82) is 0 Å². The van der Waals surface area contributed by atoms with Crippen molar-refractivity contribution in [2.24, 2.45) is 0 Å². The molecule has 1 aromatic rings. The third-order valence-corrected chi connectivity index (χ3v) is 2.32. The maximum absolute atomic E-state index is 5.73. The Bertz CT molecular complexity index is 289. The minimum Gasteiger partial charge on any atom is -0.493 e. The van der Waals surface area contributed by atoms with Crippen LogP contribution in [0.3, 0.4) is 0 Å². The highest BCUT2D eigenvalue weighted by Crippen LogP contribution is 2.29. The summed E-state index contributed by atoms with van der Waals surface area (Å²) in [6, 6.07) is 6.28. The lowest BCUT2D eigenvalue weighted by atomic mass is 9.97. The number of hydrogen-bond acceptors (Lipinski definition) is 1. The van der Waals surface area contributed by atoms with E-state index in [9.17, 15) is 0 Å². The summed E-state index contributed by atoms with van der Waals surface area (Å²) in [5.74, 6) is 1.59. The highest BCUT2D eigenvalue weighted by atomic mass is 16.5. The van der Waals surface area contributed by atoms with Crippen LogP contribution < -0.4 is 4.74 Å². The fourth-order valence-corrected chi connectivity index (χ4v) is 1.73. The highest BCUT2D eigenvalue weighted by Gasteiger charge is 2.09. The number of rotatable bonds is 4. The second-order valence-electron chi connectivity index (χ2n) is 3.99. The van der Waals surface area contributed by atoms with Crippen molar-refractivity contribution in [3.63, 3.8) is 0 Å². The zero-order chi connectivity index (χ0) is 10.6. The monoisotopic (exact) mass is 192 g/mol. The summed E-state index contributed by atoms with van der Waals surface area (Å²) in [5.41, 5.74) is 2.68. The van der Waals surface area contributed by atoms with Crippen LogP contribution in [0.1, 0.15) is 44.2 Å². The SMILES string of the molecule is CCCOc1cccc(C)c1C(C)C. The molecule has 0 spiro atoms. The average molecular weight is 192 g/mol. The van der Waals surface area contributed by atoms with Crippen molar-refractivity contribution in [2.45, 2.75) is 40.0 Å². The quantitative estimate of drug-likeness (QED) is 0.703. The van der Waals surface area contributed by atoms with Gasteiger partial charge in [0.1, 0.15) is 5.75 Å². The zero-order valence-corrected chi connectivity index (χ0v) is 9.63. The first kappa shape index (κ1) is 11.1. The maximum atomic E-state index is 5.73. The molecule has 0 atom stereocenters. The van der Waals surface area contributed by atoms with Crippen LogP contribution in [0, 0.1) is 6.92 Å². The molecule has 1 aromatic carbocycles. The minimum absolute atomic E-state index is 0.531. The summed E-state index contributed by atoms with van der Waals surface area (Å²) in [5, 5.41) is 0. The molecule has 0 aliphatic rings. The van der Waals surface area contributed by atoms with E-state index in [4.69, 9.17) is 4.74 Å². The van der Waals surface area contributed by atoms with Crippen LogP contribution in [-0.4, -0.2) is 6.61 Å². The van der Waals surface area contributed by atoms with E-state index < -0.39 is 0 Å². The van der Waals surface area contributed by atoms with E-state index in [1.54, 1.807) is 0 Å². The van der Waals surface area contributed by atoms with Gasteiger partial charge in [0.2, 0.25) is 0 Å². The summed E-state index contributed by atoms with van der Waals surface area (Å²) in [6.45, 7) is 9.50. The standard InChI is InChI=1S/C13H20O/c1-5-9-14-12-8-6-7-11(4)13(12)10(2)3/h6-8,10H,5,9H2,1-4H3. The molecule has 0 unspecified atom stereocenters. The molecule has 0 aromatic heterocycles. The van der Waals surface area contributed by atoms with Crippen LogP contribution in [0.4, 0.5) is 0 Å². The number of aryl methyl sites for hydroxylation is 1. The van der Waals surface area contributed by atoms with Gasteiger partial charge < -0.3 is 4.74 Å². The molecule has 0 N–H and O–H groups in total. The Hall–Kier alpha value is -0.980. The van der Waals surface area contributed by atoms with Gasteiger partial charge in [-0.05, 0) is 36.5 Å². The fourth-order valence-electron chi connectivity index (χ4n) is 1.73. The van der Waals surface area contributed by atoms with Gasteiger partial charge in [0.05, 0.1) is 6.61 Å². The van der Waals surface area contributed by atoms with Crippen LogP contribution in [-0.2, 0) is 0 Å². The lowest BCUT2D eigenvalue weighted by molar-refractivity contribution is 0.312. The molecule has 0 fully saturated rings. The molecule has 1 nitrogen and oxygen atoms in total. The van der Waals surface area contributed by atoms with E-state index in [0.717, 1.165) is 18.8 Å². The highest BCUT2D eigenvalue weighted by molar-refractivity contribution is 5.41. The Labute approximate surface area is 87.1 Å². The van der Waals surface area contributed by atoms with Crippen LogP contribution in [0.25, 0.3) is 0 Å². The first-order valence-electron chi connectivity index (χ1n) is 5.39. The van der Waals surface area contributed by atoms with Gasteiger partial charge in [-0.1, -0.05) is 32.9 Å². The molecule has 0 saturated carbocycles. The summed E-state index contributed by atoms with van der Waals surface area (Å²) in [4.78, 5) is 0. The molecule has 0 aliphatic carbocycles. The smallest absolute Gasteiger partial charge is 0.122 e.